The first kappa shape index (κ1) is 14.9. The highest BCUT2D eigenvalue weighted by molar-refractivity contribution is 4.80. The van der Waals surface area contributed by atoms with E-state index in [9.17, 15) is 0 Å². The van der Waals surface area contributed by atoms with Crippen LogP contribution in [0.5, 0.6) is 0 Å². The van der Waals surface area contributed by atoms with E-state index in [1.165, 1.54) is 13.0 Å². The molecule has 1 aliphatic heterocycles. The maximum atomic E-state index is 5.69. The highest BCUT2D eigenvalue weighted by atomic mass is 16.5. The number of hydrogen-bond donors (Lipinski definition) is 1. The van der Waals surface area contributed by atoms with Gasteiger partial charge in [-0.1, -0.05) is 27.7 Å². The quantitative estimate of drug-likeness (QED) is 0.691. The van der Waals surface area contributed by atoms with Gasteiger partial charge in [-0.15, -0.1) is 0 Å². The minimum atomic E-state index is 0.643. The zero-order chi connectivity index (χ0) is 12.7. The molecule has 0 amide bonds. The van der Waals surface area contributed by atoms with Crippen LogP contribution in [0.25, 0.3) is 0 Å². The van der Waals surface area contributed by atoms with Gasteiger partial charge in [0.15, 0.2) is 0 Å². The van der Waals surface area contributed by atoms with E-state index in [2.05, 4.69) is 37.9 Å². The maximum Gasteiger partial charge on any atom is 0.0593 e. The molecule has 0 bridgehead atoms. The number of rotatable bonds is 7. The van der Waals surface area contributed by atoms with Crippen LogP contribution in [-0.2, 0) is 4.74 Å². The predicted molar refractivity (Wildman–Crippen MR) is 73.3 cm³/mol. The molecule has 0 saturated carbocycles. The molecule has 1 rings (SSSR count). The van der Waals surface area contributed by atoms with Gasteiger partial charge in [0.25, 0.3) is 0 Å². The highest BCUT2D eigenvalue weighted by Gasteiger charge is 2.22. The minimum Gasteiger partial charge on any atom is -0.380 e. The minimum absolute atomic E-state index is 0.643. The van der Waals surface area contributed by atoms with Gasteiger partial charge in [-0.05, 0) is 18.3 Å². The molecular formula is C14H30N2O. The Bertz CT molecular complexity index is 195. The molecule has 1 fully saturated rings. The Balaban J connectivity index is 2.22. The second-order valence-corrected chi connectivity index (χ2v) is 5.99. The van der Waals surface area contributed by atoms with Gasteiger partial charge in [0.1, 0.15) is 0 Å². The number of piperazine rings is 1. The number of hydrogen-bond acceptors (Lipinski definition) is 3. The normalized spacial score (nSPS) is 22.6. The molecule has 102 valence electrons. The monoisotopic (exact) mass is 242 g/mol. The molecule has 1 heterocycles. The van der Waals surface area contributed by atoms with Gasteiger partial charge in [-0.2, -0.15) is 0 Å². The van der Waals surface area contributed by atoms with Crippen LogP contribution >= 0.6 is 0 Å². The molecule has 17 heavy (non-hydrogen) atoms. The van der Waals surface area contributed by atoms with E-state index >= 15 is 0 Å². The third-order valence-corrected chi connectivity index (χ3v) is 3.19. The third-order valence-electron chi connectivity index (χ3n) is 3.19. The Hall–Kier alpha value is -0.120. The molecular weight excluding hydrogens is 212 g/mol. The molecule has 0 spiro atoms. The van der Waals surface area contributed by atoms with Crippen molar-refractivity contribution in [3.8, 4) is 0 Å². The summed E-state index contributed by atoms with van der Waals surface area (Å²) in [7, 11) is 0. The summed E-state index contributed by atoms with van der Waals surface area (Å²) in [5, 5.41) is 3.50. The van der Waals surface area contributed by atoms with Gasteiger partial charge in [0, 0.05) is 38.8 Å². The van der Waals surface area contributed by atoms with E-state index in [0.29, 0.717) is 12.0 Å². The lowest BCUT2D eigenvalue weighted by molar-refractivity contribution is 0.0595. The van der Waals surface area contributed by atoms with Gasteiger partial charge in [-0.25, -0.2) is 0 Å². The van der Waals surface area contributed by atoms with Gasteiger partial charge in [-0.3, -0.25) is 4.90 Å². The highest BCUT2D eigenvalue weighted by Crippen LogP contribution is 2.13. The van der Waals surface area contributed by atoms with Crippen LogP contribution in [0.4, 0.5) is 0 Å². The second kappa shape index (κ2) is 8.06. The van der Waals surface area contributed by atoms with E-state index in [1.54, 1.807) is 0 Å². The van der Waals surface area contributed by atoms with Crippen LogP contribution in [0.15, 0.2) is 0 Å². The molecule has 0 radical (unpaired) electrons. The third kappa shape index (κ3) is 6.39. The molecule has 0 aromatic rings. The SMILES string of the molecule is CC(C)COCCN1CCNCC1CC(C)C. The lowest BCUT2D eigenvalue weighted by atomic mass is 10.0. The Morgan fingerprint density at radius 3 is 2.65 bits per heavy atom. The Morgan fingerprint density at radius 1 is 1.24 bits per heavy atom. The van der Waals surface area contributed by atoms with Crippen LogP contribution in [0.2, 0.25) is 0 Å². The van der Waals surface area contributed by atoms with Crippen LogP contribution in [0.3, 0.4) is 0 Å². The van der Waals surface area contributed by atoms with Gasteiger partial charge < -0.3 is 10.1 Å². The Labute approximate surface area is 107 Å². The lowest BCUT2D eigenvalue weighted by Crippen LogP contribution is -2.52. The van der Waals surface area contributed by atoms with E-state index < -0.39 is 0 Å². The molecule has 1 saturated heterocycles. The number of ether oxygens (including phenoxy) is 1. The van der Waals surface area contributed by atoms with E-state index in [0.717, 1.165) is 38.8 Å². The van der Waals surface area contributed by atoms with Crippen molar-refractivity contribution in [1.82, 2.24) is 10.2 Å². The van der Waals surface area contributed by atoms with Gasteiger partial charge in [0.2, 0.25) is 0 Å². The fourth-order valence-electron chi connectivity index (χ4n) is 2.37. The average Bonchev–Trinajstić information content (AvgIpc) is 2.25. The van der Waals surface area contributed by atoms with Crippen molar-refractivity contribution >= 4 is 0 Å². The van der Waals surface area contributed by atoms with Crippen LogP contribution in [-0.4, -0.2) is 50.3 Å². The summed E-state index contributed by atoms with van der Waals surface area (Å²) in [5.41, 5.74) is 0. The zero-order valence-corrected chi connectivity index (χ0v) is 12.0. The first-order chi connectivity index (χ1) is 8.09. The van der Waals surface area contributed by atoms with Gasteiger partial charge >= 0.3 is 0 Å². The Kier molecular flexibility index (Phi) is 7.09. The standard InChI is InChI=1S/C14H30N2O/c1-12(2)9-14-10-15-5-6-16(14)7-8-17-11-13(3)4/h12-15H,5-11H2,1-4H3. The molecule has 1 N–H and O–H groups in total. The summed E-state index contributed by atoms with van der Waals surface area (Å²) in [6.45, 7) is 15.3. The summed E-state index contributed by atoms with van der Waals surface area (Å²) in [6.07, 6.45) is 1.29. The molecule has 1 unspecified atom stereocenters. The molecule has 0 aromatic carbocycles. The van der Waals surface area contributed by atoms with Crippen molar-refractivity contribution in [2.24, 2.45) is 11.8 Å². The van der Waals surface area contributed by atoms with Crippen LogP contribution in [0, 0.1) is 11.8 Å². The number of nitrogens with zero attached hydrogens (tertiary/aromatic N) is 1. The molecule has 3 heteroatoms. The largest absolute Gasteiger partial charge is 0.380 e. The lowest BCUT2D eigenvalue weighted by Gasteiger charge is -2.37. The Morgan fingerprint density at radius 2 is 2.00 bits per heavy atom. The van der Waals surface area contributed by atoms with E-state index in [-0.39, 0.29) is 0 Å². The first-order valence-electron chi connectivity index (χ1n) is 7.12. The fraction of sp³-hybridized carbons (Fsp3) is 1.00. The predicted octanol–water partition coefficient (Wildman–Crippen LogP) is 1.98. The number of nitrogens with one attached hydrogen (secondary N) is 1. The molecule has 1 atom stereocenters. The molecule has 1 aliphatic rings. The van der Waals surface area contributed by atoms with Crippen molar-refractivity contribution in [2.75, 3.05) is 39.4 Å². The summed E-state index contributed by atoms with van der Waals surface area (Å²) in [6, 6.07) is 0.700. The second-order valence-electron chi connectivity index (χ2n) is 5.99. The summed E-state index contributed by atoms with van der Waals surface area (Å²) >= 11 is 0. The van der Waals surface area contributed by atoms with Crippen LogP contribution < -0.4 is 5.32 Å². The molecule has 3 nitrogen and oxygen atoms in total. The molecule has 0 aromatic heterocycles. The zero-order valence-electron chi connectivity index (χ0n) is 12.0. The van der Waals surface area contributed by atoms with Gasteiger partial charge in [0.05, 0.1) is 6.61 Å². The van der Waals surface area contributed by atoms with Crippen molar-refractivity contribution in [3.63, 3.8) is 0 Å². The van der Waals surface area contributed by atoms with Crippen molar-refractivity contribution in [2.45, 2.75) is 40.2 Å². The summed E-state index contributed by atoms with van der Waals surface area (Å²) in [4.78, 5) is 2.59. The van der Waals surface area contributed by atoms with Crippen molar-refractivity contribution in [1.29, 1.82) is 0 Å². The summed E-state index contributed by atoms with van der Waals surface area (Å²) < 4.78 is 5.69. The first-order valence-corrected chi connectivity index (χ1v) is 7.12. The fourth-order valence-corrected chi connectivity index (χ4v) is 2.37. The topological polar surface area (TPSA) is 24.5 Å². The van der Waals surface area contributed by atoms with Crippen LogP contribution in [0.1, 0.15) is 34.1 Å². The van der Waals surface area contributed by atoms with E-state index in [4.69, 9.17) is 4.74 Å². The van der Waals surface area contributed by atoms with Crippen molar-refractivity contribution < 1.29 is 4.74 Å². The maximum absolute atomic E-state index is 5.69. The average molecular weight is 242 g/mol. The van der Waals surface area contributed by atoms with E-state index in [1.807, 2.05) is 0 Å². The smallest absolute Gasteiger partial charge is 0.0593 e. The van der Waals surface area contributed by atoms with Crippen molar-refractivity contribution in [3.05, 3.63) is 0 Å². The summed E-state index contributed by atoms with van der Waals surface area (Å²) in [5.74, 6) is 1.42. The molecule has 0 aliphatic carbocycles.